The summed E-state index contributed by atoms with van der Waals surface area (Å²) in [5.41, 5.74) is 1.28. The largest absolute Gasteiger partial charge is 0.384 e. The molecule has 2 aromatic rings. The van der Waals surface area contributed by atoms with Crippen LogP contribution >= 0.6 is 0 Å². The molecule has 102 valence electrons. The summed E-state index contributed by atoms with van der Waals surface area (Å²) >= 11 is 0. The van der Waals surface area contributed by atoms with Crippen molar-refractivity contribution in [2.75, 3.05) is 13.1 Å². The van der Waals surface area contributed by atoms with E-state index in [2.05, 4.69) is 10.4 Å². The first-order valence-corrected chi connectivity index (χ1v) is 6.55. The summed E-state index contributed by atoms with van der Waals surface area (Å²) in [4.78, 5) is 0. The van der Waals surface area contributed by atoms with Crippen molar-refractivity contribution in [3.63, 3.8) is 0 Å². The number of hydrogen-bond donors (Lipinski definition) is 2. The summed E-state index contributed by atoms with van der Waals surface area (Å²) < 4.78 is 1.87. The lowest BCUT2D eigenvalue weighted by atomic mass is 9.96. The van der Waals surface area contributed by atoms with Gasteiger partial charge in [-0.05, 0) is 18.6 Å². The zero-order valence-electron chi connectivity index (χ0n) is 11.5. The fourth-order valence-corrected chi connectivity index (χ4v) is 2.09. The first kappa shape index (κ1) is 13.8. The van der Waals surface area contributed by atoms with Gasteiger partial charge in [-0.2, -0.15) is 5.10 Å². The second-order valence-electron chi connectivity index (χ2n) is 5.01. The third-order valence-electron chi connectivity index (χ3n) is 3.35. The van der Waals surface area contributed by atoms with Crippen molar-refractivity contribution in [1.82, 2.24) is 15.1 Å². The molecule has 0 amide bonds. The topological polar surface area (TPSA) is 50.1 Å². The van der Waals surface area contributed by atoms with Crippen molar-refractivity contribution in [1.29, 1.82) is 0 Å². The highest BCUT2D eigenvalue weighted by atomic mass is 16.3. The van der Waals surface area contributed by atoms with Crippen LogP contribution in [0.3, 0.4) is 0 Å². The van der Waals surface area contributed by atoms with Gasteiger partial charge in [-0.1, -0.05) is 30.3 Å². The highest BCUT2D eigenvalue weighted by Crippen LogP contribution is 2.18. The van der Waals surface area contributed by atoms with Crippen LogP contribution in [0.2, 0.25) is 0 Å². The molecule has 0 saturated heterocycles. The van der Waals surface area contributed by atoms with Gasteiger partial charge in [0, 0.05) is 38.4 Å². The van der Waals surface area contributed by atoms with Crippen molar-refractivity contribution < 1.29 is 5.11 Å². The molecular weight excluding hydrogens is 238 g/mol. The van der Waals surface area contributed by atoms with Gasteiger partial charge in [0.15, 0.2) is 0 Å². The van der Waals surface area contributed by atoms with E-state index in [1.54, 1.807) is 6.20 Å². The minimum atomic E-state index is -0.840. The zero-order chi connectivity index (χ0) is 13.7. The van der Waals surface area contributed by atoms with Gasteiger partial charge in [-0.3, -0.25) is 4.68 Å². The van der Waals surface area contributed by atoms with E-state index in [9.17, 15) is 5.11 Å². The minimum absolute atomic E-state index is 0.537. The van der Waals surface area contributed by atoms with Gasteiger partial charge < -0.3 is 10.4 Å². The summed E-state index contributed by atoms with van der Waals surface area (Å²) in [7, 11) is 1.94. The third-order valence-corrected chi connectivity index (χ3v) is 3.35. The summed E-state index contributed by atoms with van der Waals surface area (Å²) in [5, 5.41) is 17.8. The Labute approximate surface area is 114 Å². The predicted octanol–water partition coefficient (Wildman–Crippen LogP) is 1.46. The maximum absolute atomic E-state index is 10.4. The zero-order valence-corrected chi connectivity index (χ0v) is 11.5. The van der Waals surface area contributed by atoms with Crippen molar-refractivity contribution in [2.24, 2.45) is 7.05 Å². The lowest BCUT2D eigenvalue weighted by molar-refractivity contribution is 0.0572. The maximum Gasteiger partial charge on any atom is 0.0992 e. The van der Waals surface area contributed by atoms with Crippen LogP contribution in [0.1, 0.15) is 18.2 Å². The molecule has 0 aliphatic carbocycles. The number of nitrogens with zero attached hydrogens (tertiary/aromatic N) is 2. The predicted molar refractivity (Wildman–Crippen MR) is 75.8 cm³/mol. The quantitative estimate of drug-likeness (QED) is 0.772. The first-order valence-electron chi connectivity index (χ1n) is 6.55. The van der Waals surface area contributed by atoms with Crippen molar-refractivity contribution in [3.8, 4) is 0 Å². The van der Waals surface area contributed by atoms with E-state index in [1.807, 2.05) is 55.1 Å². The molecule has 1 atom stereocenters. The monoisotopic (exact) mass is 259 g/mol. The second kappa shape index (κ2) is 5.99. The fraction of sp³-hybridized carbons (Fsp3) is 0.400. The molecule has 1 unspecified atom stereocenters. The molecule has 4 nitrogen and oxygen atoms in total. The van der Waals surface area contributed by atoms with Gasteiger partial charge in [-0.15, -0.1) is 0 Å². The SMILES string of the molecule is Cn1nccc1CCNCC(C)(O)c1ccccc1. The van der Waals surface area contributed by atoms with Gasteiger partial charge in [0.1, 0.15) is 0 Å². The number of aryl methyl sites for hydroxylation is 1. The summed E-state index contributed by atoms with van der Waals surface area (Å²) in [6.07, 6.45) is 2.71. The Morgan fingerprint density at radius 2 is 2.00 bits per heavy atom. The molecule has 0 bridgehead atoms. The lowest BCUT2D eigenvalue weighted by Crippen LogP contribution is -2.36. The standard InChI is InChI=1S/C15H21N3O/c1-15(19,13-6-4-3-5-7-13)12-16-10-8-14-9-11-17-18(14)2/h3-7,9,11,16,19H,8,10,12H2,1-2H3. The van der Waals surface area contributed by atoms with Gasteiger partial charge in [0.25, 0.3) is 0 Å². The number of aromatic nitrogens is 2. The molecule has 1 heterocycles. The Balaban J connectivity index is 1.81. The Morgan fingerprint density at radius 3 is 2.63 bits per heavy atom. The van der Waals surface area contributed by atoms with Crippen LogP contribution in [0.15, 0.2) is 42.6 Å². The normalized spacial score (nSPS) is 14.3. The van der Waals surface area contributed by atoms with Crippen LogP contribution in [0, 0.1) is 0 Å². The molecule has 19 heavy (non-hydrogen) atoms. The van der Waals surface area contributed by atoms with Gasteiger partial charge in [0.05, 0.1) is 5.60 Å². The number of rotatable bonds is 6. The molecular formula is C15H21N3O. The molecule has 1 aromatic carbocycles. The highest BCUT2D eigenvalue weighted by Gasteiger charge is 2.21. The molecule has 2 rings (SSSR count). The van der Waals surface area contributed by atoms with Gasteiger partial charge >= 0.3 is 0 Å². The molecule has 1 aromatic heterocycles. The van der Waals surface area contributed by atoms with E-state index in [0.29, 0.717) is 6.54 Å². The maximum atomic E-state index is 10.4. The average molecular weight is 259 g/mol. The van der Waals surface area contributed by atoms with E-state index in [4.69, 9.17) is 0 Å². The molecule has 0 radical (unpaired) electrons. The summed E-state index contributed by atoms with van der Waals surface area (Å²) in [6.45, 7) is 3.19. The Kier molecular flexibility index (Phi) is 4.35. The van der Waals surface area contributed by atoms with E-state index in [0.717, 1.165) is 18.5 Å². The second-order valence-corrected chi connectivity index (χ2v) is 5.01. The molecule has 0 aliphatic rings. The van der Waals surface area contributed by atoms with Gasteiger partial charge in [-0.25, -0.2) is 0 Å². The molecule has 0 spiro atoms. The van der Waals surface area contributed by atoms with E-state index in [1.165, 1.54) is 5.69 Å². The van der Waals surface area contributed by atoms with E-state index < -0.39 is 5.60 Å². The summed E-state index contributed by atoms with van der Waals surface area (Å²) in [5.74, 6) is 0. The van der Waals surface area contributed by atoms with Crippen LogP contribution in [-0.2, 0) is 19.1 Å². The first-order chi connectivity index (χ1) is 9.09. The smallest absolute Gasteiger partial charge is 0.0992 e. The van der Waals surface area contributed by atoms with Crippen LogP contribution in [-0.4, -0.2) is 28.0 Å². The van der Waals surface area contributed by atoms with Crippen LogP contribution < -0.4 is 5.32 Å². The number of benzene rings is 1. The number of hydrogen-bond acceptors (Lipinski definition) is 3. The van der Waals surface area contributed by atoms with Crippen molar-refractivity contribution in [3.05, 3.63) is 53.9 Å². The molecule has 2 N–H and O–H groups in total. The average Bonchev–Trinajstić information content (AvgIpc) is 2.81. The third kappa shape index (κ3) is 3.66. The number of aliphatic hydroxyl groups is 1. The highest BCUT2D eigenvalue weighted by molar-refractivity contribution is 5.21. The fourth-order valence-electron chi connectivity index (χ4n) is 2.09. The van der Waals surface area contributed by atoms with Crippen LogP contribution in [0.4, 0.5) is 0 Å². The van der Waals surface area contributed by atoms with Crippen molar-refractivity contribution in [2.45, 2.75) is 18.9 Å². The van der Waals surface area contributed by atoms with Crippen LogP contribution in [0.5, 0.6) is 0 Å². The van der Waals surface area contributed by atoms with Gasteiger partial charge in [0.2, 0.25) is 0 Å². The van der Waals surface area contributed by atoms with Crippen LogP contribution in [0.25, 0.3) is 0 Å². The number of nitrogens with one attached hydrogen (secondary N) is 1. The van der Waals surface area contributed by atoms with E-state index >= 15 is 0 Å². The van der Waals surface area contributed by atoms with Crippen molar-refractivity contribution >= 4 is 0 Å². The Hall–Kier alpha value is -1.65. The minimum Gasteiger partial charge on any atom is -0.384 e. The molecule has 0 fully saturated rings. The molecule has 0 saturated carbocycles. The van der Waals surface area contributed by atoms with E-state index in [-0.39, 0.29) is 0 Å². The lowest BCUT2D eigenvalue weighted by Gasteiger charge is -2.24. The Morgan fingerprint density at radius 1 is 1.26 bits per heavy atom. The molecule has 4 heteroatoms. The Bertz CT molecular complexity index is 505. The summed E-state index contributed by atoms with van der Waals surface area (Å²) in [6, 6.07) is 11.7. The molecule has 0 aliphatic heterocycles.